The van der Waals surface area contributed by atoms with Crippen molar-refractivity contribution in [3.05, 3.63) is 259 Å². The molecule has 0 saturated carbocycles. The molecular formula is C72H64O8. The van der Waals surface area contributed by atoms with Gasteiger partial charge >= 0.3 is 0 Å². The van der Waals surface area contributed by atoms with Crippen molar-refractivity contribution in [3.63, 3.8) is 0 Å². The summed E-state index contributed by atoms with van der Waals surface area (Å²) in [7, 11) is 0. The quantitative estimate of drug-likeness (QED) is 0.0438. The number of rotatable bonds is 24. The first kappa shape index (κ1) is 55.8. The van der Waals surface area contributed by atoms with Gasteiger partial charge in [-0.25, -0.2) is 0 Å². The summed E-state index contributed by atoms with van der Waals surface area (Å²) < 4.78 is 53.1. The van der Waals surface area contributed by atoms with E-state index in [4.69, 9.17) is 63.6 Å². The van der Waals surface area contributed by atoms with E-state index in [0.29, 0.717) is 52.1 Å². The molecule has 8 nitrogen and oxygen atoms in total. The summed E-state index contributed by atoms with van der Waals surface area (Å²) in [5.41, 5.74) is 15.1. The van der Waals surface area contributed by atoms with E-state index in [0.717, 1.165) is 112 Å². The van der Waals surface area contributed by atoms with E-state index >= 15 is 0 Å². The second kappa shape index (κ2) is 29.1. The van der Waals surface area contributed by atoms with Crippen molar-refractivity contribution >= 4 is 0 Å². The number of hydrogen-bond donors (Lipinski definition) is 0. The highest BCUT2D eigenvalue weighted by Crippen LogP contribution is 2.42. The van der Waals surface area contributed by atoms with Gasteiger partial charge in [0, 0.05) is 25.7 Å². The average molecular weight is 1060 g/mol. The molecule has 8 aromatic rings. The van der Waals surface area contributed by atoms with Crippen LogP contribution >= 0.6 is 0 Å². The molecule has 0 N–H and O–H groups in total. The zero-order chi connectivity index (χ0) is 55.1. The average Bonchev–Trinajstić information content (AvgIpc) is 3.51. The van der Waals surface area contributed by atoms with E-state index in [1.807, 2.05) is 72.8 Å². The number of ether oxygens (including phenoxy) is 8. The van der Waals surface area contributed by atoms with Crippen LogP contribution in [0.1, 0.15) is 89.0 Å². The van der Waals surface area contributed by atoms with Gasteiger partial charge in [-0.05, 0) is 138 Å². The Hall–Kier alpha value is -8.96. The third-order valence-corrected chi connectivity index (χ3v) is 13.5. The lowest BCUT2D eigenvalue weighted by atomic mass is 9.88. The maximum atomic E-state index is 7.16. The predicted molar refractivity (Wildman–Crippen MR) is 314 cm³/mol. The van der Waals surface area contributed by atoms with E-state index in [-0.39, 0.29) is 52.9 Å². The van der Waals surface area contributed by atoms with Crippen molar-refractivity contribution < 1.29 is 37.9 Å². The molecule has 0 radical (unpaired) electrons. The summed E-state index contributed by atoms with van der Waals surface area (Å²) >= 11 is 0. The molecule has 0 saturated heterocycles. The van der Waals surface area contributed by atoms with Crippen LogP contribution in [0.3, 0.4) is 0 Å². The van der Waals surface area contributed by atoms with Gasteiger partial charge in [-0.3, -0.25) is 0 Å². The lowest BCUT2D eigenvalue weighted by Gasteiger charge is -2.25. The molecule has 400 valence electrons. The fourth-order valence-corrected chi connectivity index (χ4v) is 10.1. The SMILES string of the molecule is C#CCOCc1cc2c(OCc3ccccc3)c(c1)Cc1cc(COCC#C)cc(c1OCc1ccccc1)Cc1cc(COCC#C)cc(c1OCc1ccccc1)Cc1cc(COCC#C)cc(c1OCc1ccccc1)C2. The van der Waals surface area contributed by atoms with Gasteiger partial charge in [0.1, 0.15) is 75.9 Å². The minimum Gasteiger partial charge on any atom is -0.488 e. The molecule has 1 aliphatic rings. The molecule has 8 bridgehead atoms. The minimum atomic E-state index is 0.146. The van der Waals surface area contributed by atoms with Gasteiger partial charge in [-0.1, -0.05) is 145 Å². The largest absolute Gasteiger partial charge is 0.488 e. The summed E-state index contributed by atoms with van der Waals surface area (Å²) in [5, 5.41) is 0. The summed E-state index contributed by atoms with van der Waals surface area (Å²) in [6, 6.07) is 58.1. The zero-order valence-electron chi connectivity index (χ0n) is 45.1. The molecule has 0 amide bonds. The van der Waals surface area contributed by atoms with E-state index in [9.17, 15) is 0 Å². The Morgan fingerprint density at radius 3 is 0.613 bits per heavy atom. The predicted octanol–water partition coefficient (Wildman–Crippen LogP) is 13.3. The Bertz CT molecular complexity index is 2930. The normalized spacial score (nSPS) is 11.6. The second-order valence-electron chi connectivity index (χ2n) is 19.6. The van der Waals surface area contributed by atoms with Gasteiger partial charge in [-0.2, -0.15) is 0 Å². The van der Waals surface area contributed by atoms with Crippen molar-refractivity contribution in [2.24, 2.45) is 0 Å². The molecule has 0 spiro atoms. The topological polar surface area (TPSA) is 73.8 Å². The Labute approximate surface area is 471 Å². The number of benzene rings is 8. The Morgan fingerprint density at radius 1 is 0.250 bits per heavy atom. The summed E-state index contributed by atoms with van der Waals surface area (Å²) in [6.07, 6.45) is 24.6. The molecule has 0 atom stereocenters. The Balaban J connectivity index is 1.34. The van der Waals surface area contributed by atoms with Crippen molar-refractivity contribution in [1.82, 2.24) is 0 Å². The maximum Gasteiger partial charge on any atom is 0.126 e. The lowest BCUT2D eigenvalue weighted by Crippen LogP contribution is -2.12. The van der Waals surface area contributed by atoms with Crippen LogP contribution in [-0.4, -0.2) is 26.4 Å². The van der Waals surface area contributed by atoms with Crippen LogP contribution in [0.5, 0.6) is 23.0 Å². The van der Waals surface area contributed by atoms with E-state index in [1.165, 1.54) is 0 Å². The van der Waals surface area contributed by atoms with Crippen molar-refractivity contribution in [1.29, 1.82) is 0 Å². The first-order valence-electron chi connectivity index (χ1n) is 26.8. The molecule has 0 aliphatic heterocycles. The zero-order valence-corrected chi connectivity index (χ0v) is 45.1. The number of fused-ring (bicyclic) bond motifs is 8. The molecule has 9 rings (SSSR count). The second-order valence-corrected chi connectivity index (χ2v) is 19.6. The molecule has 0 unspecified atom stereocenters. The van der Waals surface area contributed by atoms with Gasteiger partial charge in [0.25, 0.3) is 0 Å². The minimum absolute atomic E-state index is 0.146. The molecule has 0 fully saturated rings. The van der Waals surface area contributed by atoms with Crippen LogP contribution in [-0.2, 0) is 97.5 Å². The summed E-state index contributed by atoms with van der Waals surface area (Å²) in [5.74, 6) is 13.5. The van der Waals surface area contributed by atoms with E-state index in [1.54, 1.807) is 0 Å². The monoisotopic (exact) mass is 1060 g/mol. The Morgan fingerprint density at radius 2 is 0.438 bits per heavy atom. The molecule has 0 heterocycles. The van der Waals surface area contributed by atoms with Crippen LogP contribution in [0.4, 0.5) is 0 Å². The van der Waals surface area contributed by atoms with E-state index < -0.39 is 0 Å². The summed E-state index contributed by atoms with van der Waals surface area (Å²) in [4.78, 5) is 0. The van der Waals surface area contributed by atoms with Crippen molar-refractivity contribution in [2.75, 3.05) is 26.4 Å². The molecular weight excluding hydrogens is 993 g/mol. The summed E-state index contributed by atoms with van der Waals surface area (Å²) in [6.45, 7) is 2.90. The van der Waals surface area contributed by atoms with Crippen LogP contribution < -0.4 is 18.9 Å². The molecule has 1 aliphatic carbocycles. The first-order valence-corrected chi connectivity index (χ1v) is 26.8. The standard InChI is InChI=1S/C72H64O8/c1-5-29-73-45-57-33-61-41-63-35-58(46-74-30-6-2)37-65(70(63)78-50-54-23-15-10-16-24-54)43-67-39-60(48-76-32-8-4)40-68(72(67)80-52-56-27-19-12-20-28-56)44-66-38-59(47-75-31-7-3)36-64(71(66)79-51-55-25-17-11-18-26-55)42-62(34-57)69(61)77-49-53-21-13-9-14-22-53/h1-4,9-28,33-40H,29-32,41-52H2. The smallest absolute Gasteiger partial charge is 0.126 e. The van der Waals surface area contributed by atoms with Gasteiger partial charge < -0.3 is 37.9 Å². The van der Waals surface area contributed by atoms with Crippen LogP contribution in [0.25, 0.3) is 0 Å². The Kier molecular flexibility index (Phi) is 20.3. The van der Waals surface area contributed by atoms with E-state index in [2.05, 4.69) is 121 Å². The molecule has 8 heteroatoms. The molecule has 80 heavy (non-hydrogen) atoms. The molecule has 0 aromatic heterocycles. The fraction of sp³-hybridized carbons (Fsp3) is 0.222. The third-order valence-electron chi connectivity index (χ3n) is 13.5. The van der Waals surface area contributed by atoms with Crippen LogP contribution in [0.2, 0.25) is 0 Å². The van der Waals surface area contributed by atoms with Gasteiger partial charge in [0.15, 0.2) is 0 Å². The van der Waals surface area contributed by atoms with Gasteiger partial charge in [0.05, 0.1) is 26.4 Å². The van der Waals surface area contributed by atoms with Crippen molar-refractivity contribution in [2.45, 2.75) is 78.5 Å². The highest BCUT2D eigenvalue weighted by atomic mass is 16.5. The highest BCUT2D eigenvalue weighted by Gasteiger charge is 2.25. The van der Waals surface area contributed by atoms with Gasteiger partial charge in [-0.15, -0.1) is 25.7 Å². The van der Waals surface area contributed by atoms with Crippen LogP contribution in [0.15, 0.2) is 170 Å². The molecule has 8 aromatic carbocycles. The maximum absolute atomic E-state index is 7.16. The van der Waals surface area contributed by atoms with Gasteiger partial charge in [0.2, 0.25) is 0 Å². The number of hydrogen-bond acceptors (Lipinski definition) is 8. The van der Waals surface area contributed by atoms with Crippen molar-refractivity contribution in [3.8, 4) is 72.4 Å². The third kappa shape index (κ3) is 15.6. The van der Waals surface area contributed by atoms with Crippen LogP contribution in [0, 0.1) is 49.4 Å². The number of terminal acetylenes is 4. The first-order chi connectivity index (χ1) is 39.5. The fourth-order valence-electron chi connectivity index (χ4n) is 10.1. The lowest BCUT2D eigenvalue weighted by molar-refractivity contribution is 0.153. The highest BCUT2D eigenvalue weighted by molar-refractivity contribution is 5.59.